The average molecular weight is 764 g/mol. The van der Waals surface area contributed by atoms with Crippen LogP contribution in [0.4, 0.5) is 17.1 Å². The fourth-order valence-electron chi connectivity index (χ4n) is 9.75. The van der Waals surface area contributed by atoms with Gasteiger partial charge in [0.25, 0.3) is 0 Å². The van der Waals surface area contributed by atoms with Gasteiger partial charge in [-0.1, -0.05) is 218 Å². The van der Waals surface area contributed by atoms with Crippen LogP contribution in [0.25, 0.3) is 55.3 Å². The number of anilines is 3. The van der Waals surface area contributed by atoms with Crippen LogP contribution in [-0.2, 0) is 5.41 Å². The minimum atomic E-state index is -0.514. The Morgan fingerprint density at radius 2 is 0.783 bits per heavy atom. The van der Waals surface area contributed by atoms with E-state index < -0.39 is 5.41 Å². The highest BCUT2D eigenvalue weighted by Crippen LogP contribution is 2.60. The van der Waals surface area contributed by atoms with E-state index in [2.05, 4.69) is 254 Å². The molecule has 0 atom stereocenters. The fourth-order valence-corrected chi connectivity index (χ4v) is 9.75. The zero-order chi connectivity index (χ0) is 39.9. The second-order valence-electron chi connectivity index (χ2n) is 15.6. The molecule has 10 aromatic rings. The van der Waals surface area contributed by atoms with Crippen molar-refractivity contribution in [3.8, 4) is 44.5 Å². The second kappa shape index (κ2) is 14.9. The third-order valence-corrected chi connectivity index (χ3v) is 12.4. The van der Waals surface area contributed by atoms with Gasteiger partial charge in [0.15, 0.2) is 0 Å². The van der Waals surface area contributed by atoms with Crippen molar-refractivity contribution in [1.29, 1.82) is 0 Å². The molecule has 60 heavy (non-hydrogen) atoms. The van der Waals surface area contributed by atoms with Crippen molar-refractivity contribution in [1.82, 2.24) is 0 Å². The molecule has 0 aliphatic heterocycles. The third-order valence-electron chi connectivity index (χ3n) is 12.4. The Labute approximate surface area is 352 Å². The van der Waals surface area contributed by atoms with Gasteiger partial charge in [0, 0.05) is 16.8 Å². The summed E-state index contributed by atoms with van der Waals surface area (Å²) in [6.07, 6.45) is 0. The maximum absolute atomic E-state index is 2.50. The first-order valence-corrected chi connectivity index (χ1v) is 20.8. The highest BCUT2D eigenvalue weighted by Gasteiger charge is 2.47. The van der Waals surface area contributed by atoms with Crippen LogP contribution in [0, 0.1) is 0 Å². The summed E-state index contributed by atoms with van der Waals surface area (Å²) >= 11 is 0. The van der Waals surface area contributed by atoms with Crippen molar-refractivity contribution in [2.24, 2.45) is 0 Å². The molecular weight excluding hydrogens is 723 g/mol. The lowest BCUT2D eigenvalue weighted by Crippen LogP contribution is -2.28. The van der Waals surface area contributed by atoms with Crippen LogP contribution < -0.4 is 4.90 Å². The molecule has 0 bridgehead atoms. The summed E-state index contributed by atoms with van der Waals surface area (Å²) in [5.41, 5.74) is 17.5. The van der Waals surface area contributed by atoms with Crippen LogP contribution in [0.15, 0.2) is 249 Å². The van der Waals surface area contributed by atoms with Crippen molar-refractivity contribution in [3.05, 3.63) is 271 Å². The summed E-state index contributed by atoms with van der Waals surface area (Å²) in [7, 11) is 0. The van der Waals surface area contributed by atoms with Crippen molar-refractivity contribution >= 4 is 27.8 Å². The molecule has 10 aromatic carbocycles. The van der Waals surface area contributed by atoms with Crippen LogP contribution in [0.2, 0.25) is 0 Å². The largest absolute Gasteiger partial charge is 0.309 e. The first-order chi connectivity index (χ1) is 29.8. The monoisotopic (exact) mass is 763 g/mol. The molecule has 0 amide bonds. The Bertz CT molecular complexity index is 3090. The standard InChI is InChI=1S/C59H41N/c1-4-19-42(20-5-1)43-37-39-49(40-38-43)60(56-35-15-13-30-52(56)46-24-16-23-45(41-46)51-32-17-22-44-21-10-11-29-50(44)51)57-36-18-34-55-58(57)53-31-12-14-33-54(53)59(55,47-25-6-2-7-26-47)48-27-8-3-9-28-48/h1-41H. The molecule has 0 spiro atoms. The Morgan fingerprint density at radius 1 is 0.300 bits per heavy atom. The molecule has 0 fully saturated rings. The van der Waals surface area contributed by atoms with E-state index in [9.17, 15) is 0 Å². The lowest BCUT2D eigenvalue weighted by Gasteiger charge is -2.34. The summed E-state index contributed by atoms with van der Waals surface area (Å²) in [6, 6.07) is 91.1. The van der Waals surface area contributed by atoms with E-state index in [1.54, 1.807) is 0 Å². The average Bonchev–Trinajstić information content (AvgIpc) is 3.64. The van der Waals surface area contributed by atoms with Crippen molar-refractivity contribution < 1.29 is 0 Å². The summed E-state index contributed by atoms with van der Waals surface area (Å²) in [4.78, 5) is 2.50. The minimum Gasteiger partial charge on any atom is -0.309 e. The quantitative estimate of drug-likeness (QED) is 0.149. The maximum Gasteiger partial charge on any atom is 0.0714 e. The van der Waals surface area contributed by atoms with E-state index in [1.165, 1.54) is 66.4 Å². The summed E-state index contributed by atoms with van der Waals surface area (Å²) in [5.74, 6) is 0. The van der Waals surface area contributed by atoms with E-state index in [0.717, 1.165) is 28.2 Å². The Morgan fingerprint density at radius 3 is 1.53 bits per heavy atom. The number of hydrogen-bond acceptors (Lipinski definition) is 1. The summed E-state index contributed by atoms with van der Waals surface area (Å²) in [5, 5.41) is 2.50. The topological polar surface area (TPSA) is 3.24 Å². The van der Waals surface area contributed by atoms with Gasteiger partial charge in [-0.3, -0.25) is 0 Å². The molecular formula is C59H41N. The van der Waals surface area contributed by atoms with Crippen molar-refractivity contribution in [3.63, 3.8) is 0 Å². The van der Waals surface area contributed by atoms with Crippen LogP contribution in [0.5, 0.6) is 0 Å². The molecule has 11 rings (SSSR count). The van der Waals surface area contributed by atoms with Gasteiger partial charge in [0.1, 0.15) is 0 Å². The Balaban J connectivity index is 1.17. The number of hydrogen-bond donors (Lipinski definition) is 0. The van der Waals surface area contributed by atoms with Gasteiger partial charge in [-0.05, 0) is 96.7 Å². The maximum atomic E-state index is 2.50. The van der Waals surface area contributed by atoms with E-state index in [0.29, 0.717) is 0 Å². The highest BCUT2D eigenvalue weighted by atomic mass is 15.1. The molecule has 0 aromatic heterocycles. The molecule has 0 N–H and O–H groups in total. The third kappa shape index (κ3) is 5.78. The first-order valence-electron chi connectivity index (χ1n) is 20.8. The lowest BCUT2D eigenvalue weighted by molar-refractivity contribution is 0.768. The first kappa shape index (κ1) is 35.4. The van der Waals surface area contributed by atoms with Crippen LogP contribution in [0.3, 0.4) is 0 Å². The Kier molecular flexibility index (Phi) is 8.79. The SMILES string of the molecule is c1ccc(-c2ccc(N(c3ccccc3-c3cccc(-c4cccc5ccccc45)c3)c3cccc4c3-c3ccccc3C4(c3ccccc3)c3ccccc3)cc2)cc1. The predicted octanol–water partition coefficient (Wildman–Crippen LogP) is 15.7. The zero-order valence-corrected chi connectivity index (χ0v) is 33.1. The minimum absolute atomic E-state index is 0.514. The van der Waals surface area contributed by atoms with Gasteiger partial charge in [-0.25, -0.2) is 0 Å². The number of rotatable bonds is 8. The molecule has 282 valence electrons. The number of nitrogens with zero attached hydrogens (tertiary/aromatic N) is 1. The second-order valence-corrected chi connectivity index (χ2v) is 15.6. The van der Waals surface area contributed by atoms with Gasteiger partial charge in [-0.2, -0.15) is 0 Å². The van der Waals surface area contributed by atoms with Crippen LogP contribution in [-0.4, -0.2) is 0 Å². The molecule has 1 nitrogen and oxygen atoms in total. The van der Waals surface area contributed by atoms with Gasteiger partial charge in [-0.15, -0.1) is 0 Å². The molecule has 0 radical (unpaired) electrons. The van der Waals surface area contributed by atoms with E-state index in [1.807, 2.05) is 0 Å². The van der Waals surface area contributed by atoms with Gasteiger partial charge >= 0.3 is 0 Å². The zero-order valence-electron chi connectivity index (χ0n) is 33.1. The molecule has 1 aliphatic carbocycles. The predicted molar refractivity (Wildman–Crippen MR) is 252 cm³/mol. The van der Waals surface area contributed by atoms with E-state index in [4.69, 9.17) is 0 Å². The molecule has 1 heteroatoms. The number of para-hydroxylation sites is 1. The molecule has 0 saturated heterocycles. The van der Waals surface area contributed by atoms with Crippen molar-refractivity contribution in [2.75, 3.05) is 4.90 Å². The van der Waals surface area contributed by atoms with Crippen LogP contribution >= 0.6 is 0 Å². The van der Waals surface area contributed by atoms with Gasteiger partial charge in [0.2, 0.25) is 0 Å². The van der Waals surface area contributed by atoms with E-state index >= 15 is 0 Å². The summed E-state index contributed by atoms with van der Waals surface area (Å²) in [6.45, 7) is 0. The van der Waals surface area contributed by atoms with Crippen LogP contribution in [0.1, 0.15) is 22.3 Å². The highest BCUT2D eigenvalue weighted by molar-refractivity contribution is 6.01. The van der Waals surface area contributed by atoms with Gasteiger partial charge in [0.05, 0.1) is 16.8 Å². The van der Waals surface area contributed by atoms with Gasteiger partial charge < -0.3 is 4.90 Å². The molecule has 0 saturated carbocycles. The molecule has 0 unspecified atom stereocenters. The number of fused-ring (bicyclic) bond motifs is 4. The normalized spacial score (nSPS) is 12.5. The van der Waals surface area contributed by atoms with E-state index in [-0.39, 0.29) is 0 Å². The smallest absolute Gasteiger partial charge is 0.0714 e. The fraction of sp³-hybridized carbons (Fsp3) is 0.0169. The Hall–Kier alpha value is -7.74. The number of benzene rings is 10. The molecule has 1 aliphatic rings. The summed E-state index contributed by atoms with van der Waals surface area (Å²) < 4.78 is 0. The molecule has 0 heterocycles. The van der Waals surface area contributed by atoms with Crippen molar-refractivity contribution in [2.45, 2.75) is 5.41 Å². The lowest BCUT2D eigenvalue weighted by atomic mass is 9.68.